The number of anilines is 2. The number of likely N-dealkylation sites (N-methyl/N-ethyl adjacent to an activating group) is 1. The van der Waals surface area contributed by atoms with E-state index in [-0.39, 0.29) is 31.1 Å². The van der Waals surface area contributed by atoms with Gasteiger partial charge in [-0.2, -0.15) is 13.8 Å². The first kappa shape index (κ1) is 22.1. The largest absolute Gasteiger partial charge is 0.442 e. The summed E-state index contributed by atoms with van der Waals surface area (Å²) in [5, 5.41) is 3.65. The lowest BCUT2D eigenvalue weighted by molar-refractivity contribution is -0.143. The van der Waals surface area contributed by atoms with Gasteiger partial charge in [0.15, 0.2) is 11.6 Å². The number of halogens is 4. The average Bonchev–Trinajstić information content (AvgIpc) is 2.91. The molecule has 2 heterocycles. The normalized spacial score (nSPS) is 20.5. The standard InChI is InChI=1S/C18H22F4N4O4/c1-2-25-4-3-24(5-6-29-25)15-13(19)7-11(8-14(15)20)26-10-12(30-18(26)28)9-23-17(27)16(21)22/h7-8,12,16H,2-6,9-10H2,1H3,(H,23,27). The summed E-state index contributed by atoms with van der Waals surface area (Å²) in [6.45, 7) is 3.47. The molecule has 2 aliphatic rings. The molecule has 12 heteroatoms. The number of ether oxygens (including phenoxy) is 1. The van der Waals surface area contributed by atoms with E-state index in [4.69, 9.17) is 9.57 Å². The first-order chi connectivity index (χ1) is 14.3. The van der Waals surface area contributed by atoms with Crippen molar-refractivity contribution in [2.24, 2.45) is 0 Å². The molecule has 2 saturated heterocycles. The fourth-order valence-corrected chi connectivity index (χ4v) is 3.30. The van der Waals surface area contributed by atoms with Crippen LogP contribution in [0.2, 0.25) is 0 Å². The Morgan fingerprint density at radius 2 is 1.93 bits per heavy atom. The second kappa shape index (κ2) is 9.47. The van der Waals surface area contributed by atoms with Crippen molar-refractivity contribution >= 4 is 23.4 Å². The molecule has 2 aliphatic heterocycles. The predicted octanol–water partition coefficient (Wildman–Crippen LogP) is 1.74. The Kier molecular flexibility index (Phi) is 6.98. The second-order valence-electron chi connectivity index (χ2n) is 6.76. The molecule has 0 bridgehead atoms. The minimum Gasteiger partial charge on any atom is -0.442 e. The van der Waals surface area contributed by atoms with E-state index in [1.807, 2.05) is 12.2 Å². The summed E-state index contributed by atoms with van der Waals surface area (Å²) in [5.41, 5.74) is -0.281. The third-order valence-corrected chi connectivity index (χ3v) is 4.81. The summed E-state index contributed by atoms with van der Waals surface area (Å²) in [7, 11) is 0. The molecule has 0 saturated carbocycles. The summed E-state index contributed by atoms with van der Waals surface area (Å²) >= 11 is 0. The van der Waals surface area contributed by atoms with Crippen LogP contribution in [0.5, 0.6) is 0 Å². The van der Waals surface area contributed by atoms with Crippen LogP contribution in [-0.2, 0) is 14.4 Å². The molecule has 166 valence electrons. The Hall–Kier alpha value is -2.60. The maximum atomic E-state index is 14.8. The third kappa shape index (κ3) is 4.93. The lowest BCUT2D eigenvalue weighted by atomic mass is 10.2. The molecule has 8 nitrogen and oxygen atoms in total. The molecule has 1 atom stereocenters. The van der Waals surface area contributed by atoms with Gasteiger partial charge in [0.25, 0.3) is 5.91 Å². The Morgan fingerprint density at radius 3 is 2.57 bits per heavy atom. The van der Waals surface area contributed by atoms with E-state index in [1.54, 1.807) is 5.06 Å². The predicted molar refractivity (Wildman–Crippen MR) is 98.4 cm³/mol. The van der Waals surface area contributed by atoms with Gasteiger partial charge < -0.3 is 15.0 Å². The molecule has 2 fully saturated rings. The molecule has 1 N–H and O–H groups in total. The SMILES string of the molecule is CCN1CCN(c2c(F)cc(N3CC(CNC(=O)C(F)F)OC3=O)cc2F)CCO1. The van der Waals surface area contributed by atoms with Gasteiger partial charge in [0.05, 0.1) is 25.4 Å². The van der Waals surface area contributed by atoms with Crippen LogP contribution >= 0.6 is 0 Å². The molecule has 0 aliphatic carbocycles. The van der Waals surface area contributed by atoms with Gasteiger partial charge in [-0.3, -0.25) is 14.5 Å². The lowest BCUT2D eigenvalue weighted by Crippen LogP contribution is -2.37. The summed E-state index contributed by atoms with van der Waals surface area (Å²) in [6.07, 6.45) is -5.00. The van der Waals surface area contributed by atoms with Gasteiger partial charge in [-0.15, -0.1) is 0 Å². The van der Waals surface area contributed by atoms with Crippen LogP contribution in [0.25, 0.3) is 0 Å². The number of hydrogen-bond donors (Lipinski definition) is 1. The number of cyclic esters (lactones) is 1. The molecular formula is C18H22F4N4O4. The highest BCUT2D eigenvalue weighted by molar-refractivity contribution is 5.90. The van der Waals surface area contributed by atoms with E-state index in [2.05, 4.69) is 0 Å². The van der Waals surface area contributed by atoms with Crippen molar-refractivity contribution in [2.75, 3.05) is 55.7 Å². The van der Waals surface area contributed by atoms with Crippen LogP contribution < -0.4 is 15.1 Å². The smallest absolute Gasteiger partial charge is 0.414 e. The van der Waals surface area contributed by atoms with Crippen LogP contribution in [-0.4, -0.2) is 75.5 Å². The molecule has 1 aromatic rings. The number of alkyl halides is 2. The number of carbonyl (C=O) groups excluding carboxylic acids is 2. The minimum atomic E-state index is -3.19. The highest BCUT2D eigenvalue weighted by Crippen LogP contribution is 2.31. The zero-order chi connectivity index (χ0) is 21.8. The summed E-state index contributed by atoms with van der Waals surface area (Å²) in [4.78, 5) is 31.0. The summed E-state index contributed by atoms with van der Waals surface area (Å²) in [5.74, 6) is -3.19. The summed E-state index contributed by atoms with van der Waals surface area (Å²) < 4.78 is 59.0. The van der Waals surface area contributed by atoms with E-state index in [1.165, 1.54) is 4.90 Å². The zero-order valence-corrected chi connectivity index (χ0v) is 16.2. The fourth-order valence-electron chi connectivity index (χ4n) is 3.30. The number of rotatable bonds is 6. The quantitative estimate of drug-likeness (QED) is 0.688. The van der Waals surface area contributed by atoms with E-state index in [9.17, 15) is 27.2 Å². The Balaban J connectivity index is 1.70. The minimum absolute atomic E-state index is 0.0670. The molecule has 30 heavy (non-hydrogen) atoms. The van der Waals surface area contributed by atoms with Crippen LogP contribution in [0.3, 0.4) is 0 Å². The Morgan fingerprint density at radius 1 is 1.23 bits per heavy atom. The fraction of sp³-hybridized carbons (Fsp3) is 0.556. The van der Waals surface area contributed by atoms with Crippen molar-refractivity contribution in [3.05, 3.63) is 23.8 Å². The van der Waals surface area contributed by atoms with E-state index < -0.39 is 36.2 Å². The van der Waals surface area contributed by atoms with Gasteiger partial charge in [-0.25, -0.2) is 13.6 Å². The van der Waals surface area contributed by atoms with Gasteiger partial charge in [0, 0.05) is 38.3 Å². The lowest BCUT2D eigenvalue weighted by Gasteiger charge is -2.24. The van der Waals surface area contributed by atoms with Gasteiger partial charge in [-0.05, 0) is 0 Å². The molecule has 0 spiro atoms. The number of hydrogen-bond acceptors (Lipinski definition) is 6. The highest BCUT2D eigenvalue weighted by Gasteiger charge is 2.34. The van der Waals surface area contributed by atoms with Gasteiger partial charge >= 0.3 is 12.5 Å². The maximum absolute atomic E-state index is 14.8. The second-order valence-corrected chi connectivity index (χ2v) is 6.76. The number of nitrogens with one attached hydrogen (secondary N) is 1. The first-order valence-corrected chi connectivity index (χ1v) is 9.46. The van der Waals surface area contributed by atoms with Gasteiger partial charge in [0.2, 0.25) is 0 Å². The Bertz CT molecular complexity index is 774. The van der Waals surface area contributed by atoms with Crippen LogP contribution in [0.4, 0.5) is 33.7 Å². The number of nitrogens with zero attached hydrogens (tertiary/aromatic N) is 3. The van der Waals surface area contributed by atoms with E-state index >= 15 is 0 Å². The van der Waals surface area contributed by atoms with E-state index in [0.29, 0.717) is 26.2 Å². The van der Waals surface area contributed by atoms with E-state index in [0.717, 1.165) is 17.0 Å². The third-order valence-electron chi connectivity index (χ3n) is 4.81. The molecular weight excluding hydrogens is 412 g/mol. The number of benzene rings is 1. The van der Waals surface area contributed by atoms with Crippen molar-refractivity contribution in [1.29, 1.82) is 0 Å². The monoisotopic (exact) mass is 434 g/mol. The van der Waals surface area contributed by atoms with Crippen molar-refractivity contribution in [3.63, 3.8) is 0 Å². The average molecular weight is 434 g/mol. The summed E-state index contributed by atoms with van der Waals surface area (Å²) in [6, 6.07) is 2.03. The van der Waals surface area contributed by atoms with Crippen LogP contribution in [0.1, 0.15) is 6.92 Å². The van der Waals surface area contributed by atoms with Crippen LogP contribution in [0, 0.1) is 11.6 Å². The van der Waals surface area contributed by atoms with Crippen molar-refractivity contribution in [1.82, 2.24) is 10.4 Å². The molecule has 0 aromatic heterocycles. The topological polar surface area (TPSA) is 74.4 Å². The zero-order valence-electron chi connectivity index (χ0n) is 16.2. The molecule has 3 rings (SSSR count). The van der Waals surface area contributed by atoms with Crippen LogP contribution in [0.15, 0.2) is 12.1 Å². The number of amides is 2. The van der Waals surface area contributed by atoms with Gasteiger partial charge in [-0.1, -0.05) is 6.92 Å². The maximum Gasteiger partial charge on any atom is 0.414 e. The number of hydroxylamine groups is 2. The molecule has 2 amide bonds. The van der Waals surface area contributed by atoms with Gasteiger partial charge in [0.1, 0.15) is 11.8 Å². The first-order valence-electron chi connectivity index (χ1n) is 9.46. The highest BCUT2D eigenvalue weighted by atomic mass is 19.3. The molecule has 0 radical (unpaired) electrons. The molecule has 1 unspecified atom stereocenters. The van der Waals surface area contributed by atoms with Crippen molar-refractivity contribution in [3.8, 4) is 0 Å². The molecule has 1 aromatic carbocycles. The van der Waals surface area contributed by atoms with Crippen molar-refractivity contribution in [2.45, 2.75) is 19.5 Å². The van der Waals surface area contributed by atoms with Crippen molar-refractivity contribution < 1.29 is 36.7 Å². The number of carbonyl (C=O) groups is 2. The Labute approximate surface area is 170 Å².